The molecule has 130 valence electrons. The summed E-state index contributed by atoms with van der Waals surface area (Å²) in [4.78, 5) is 8.62. The molecule has 4 rings (SSSR count). The molecule has 0 spiro atoms. The van der Waals surface area contributed by atoms with Gasteiger partial charge < -0.3 is 13.7 Å². The lowest BCUT2D eigenvalue weighted by molar-refractivity contribution is -0.0156. The number of rotatable bonds is 4. The summed E-state index contributed by atoms with van der Waals surface area (Å²) in [5.41, 5.74) is 2.04. The highest BCUT2D eigenvalue weighted by Gasteiger charge is 2.35. The van der Waals surface area contributed by atoms with Gasteiger partial charge in [-0.15, -0.1) is 10.2 Å². The van der Waals surface area contributed by atoms with Crippen molar-refractivity contribution in [3.8, 4) is 11.5 Å². The van der Waals surface area contributed by atoms with Gasteiger partial charge in [0, 0.05) is 44.0 Å². The van der Waals surface area contributed by atoms with Crippen LogP contribution in [0.5, 0.6) is 0 Å². The van der Waals surface area contributed by atoms with Gasteiger partial charge >= 0.3 is 0 Å². The van der Waals surface area contributed by atoms with Crippen molar-refractivity contribution < 1.29 is 9.15 Å². The number of pyridine rings is 1. The molecular weight excluding hydrogens is 318 g/mol. The fourth-order valence-electron chi connectivity index (χ4n) is 3.35. The van der Waals surface area contributed by atoms with E-state index in [-0.39, 0.29) is 12.0 Å². The number of nitrogens with zero attached hydrogens (tertiary/aromatic N) is 5. The van der Waals surface area contributed by atoms with Gasteiger partial charge in [0.1, 0.15) is 11.9 Å². The maximum absolute atomic E-state index is 6.05. The van der Waals surface area contributed by atoms with Gasteiger partial charge in [0.05, 0.1) is 5.92 Å². The molecule has 4 heterocycles. The van der Waals surface area contributed by atoms with Crippen LogP contribution in [0, 0.1) is 0 Å². The molecule has 3 aromatic rings. The summed E-state index contributed by atoms with van der Waals surface area (Å²) in [5.74, 6) is 2.06. The standard InChI is InChI=1S/C18H21N5O2/c1-3-12-11-19-7-6-13(12)17-21-22-18(25-17)14-5-4-10-24-15(14)16-20-8-9-23(16)2/h6-9,11,14-15H,3-5,10H2,1-2H3/t14-,15-/m1/s1. The summed E-state index contributed by atoms with van der Waals surface area (Å²) in [6.07, 6.45) is 9.92. The summed E-state index contributed by atoms with van der Waals surface area (Å²) in [6, 6.07) is 1.92. The normalized spacial score (nSPS) is 20.7. The first-order valence-corrected chi connectivity index (χ1v) is 8.63. The SMILES string of the molecule is CCc1cnccc1-c1nnc([C@@H]2CCCO[C@H]2c2nccn2C)o1. The van der Waals surface area contributed by atoms with E-state index in [1.165, 1.54) is 0 Å². The van der Waals surface area contributed by atoms with E-state index in [2.05, 4.69) is 27.1 Å². The number of imidazole rings is 1. The van der Waals surface area contributed by atoms with E-state index >= 15 is 0 Å². The Morgan fingerprint density at radius 3 is 3.00 bits per heavy atom. The molecular formula is C18H21N5O2. The van der Waals surface area contributed by atoms with Crippen molar-refractivity contribution in [2.45, 2.75) is 38.2 Å². The van der Waals surface area contributed by atoms with Gasteiger partial charge in [-0.05, 0) is 30.9 Å². The van der Waals surface area contributed by atoms with Gasteiger partial charge in [-0.2, -0.15) is 0 Å². The van der Waals surface area contributed by atoms with Crippen LogP contribution in [0.4, 0.5) is 0 Å². The third-order valence-corrected chi connectivity index (χ3v) is 4.71. The first-order valence-electron chi connectivity index (χ1n) is 8.63. The van der Waals surface area contributed by atoms with E-state index in [4.69, 9.17) is 9.15 Å². The van der Waals surface area contributed by atoms with E-state index < -0.39 is 0 Å². The molecule has 1 fully saturated rings. The predicted molar refractivity (Wildman–Crippen MR) is 90.8 cm³/mol. The predicted octanol–water partition coefficient (Wildman–Crippen LogP) is 3.06. The van der Waals surface area contributed by atoms with E-state index in [0.717, 1.165) is 42.8 Å². The van der Waals surface area contributed by atoms with Crippen molar-refractivity contribution in [1.29, 1.82) is 0 Å². The molecule has 1 saturated heterocycles. The Bertz CT molecular complexity index is 857. The van der Waals surface area contributed by atoms with Crippen molar-refractivity contribution in [2.24, 2.45) is 7.05 Å². The molecule has 7 nitrogen and oxygen atoms in total. The second kappa shape index (κ2) is 6.76. The highest BCUT2D eigenvalue weighted by Crippen LogP contribution is 2.40. The Balaban J connectivity index is 1.67. The Morgan fingerprint density at radius 2 is 2.20 bits per heavy atom. The highest BCUT2D eigenvalue weighted by atomic mass is 16.5. The first kappa shape index (κ1) is 16.0. The zero-order valence-corrected chi connectivity index (χ0v) is 14.4. The molecule has 0 bridgehead atoms. The molecule has 0 aliphatic carbocycles. The smallest absolute Gasteiger partial charge is 0.248 e. The maximum atomic E-state index is 6.05. The molecule has 0 N–H and O–H groups in total. The molecule has 1 aliphatic heterocycles. The minimum Gasteiger partial charge on any atom is -0.420 e. The van der Waals surface area contributed by atoms with Crippen LogP contribution in [0.2, 0.25) is 0 Å². The van der Waals surface area contributed by atoms with Crippen molar-refractivity contribution >= 4 is 0 Å². The minimum absolute atomic E-state index is 0.0167. The lowest BCUT2D eigenvalue weighted by atomic mass is 9.93. The minimum atomic E-state index is -0.162. The number of hydrogen-bond acceptors (Lipinski definition) is 6. The zero-order chi connectivity index (χ0) is 17.2. The summed E-state index contributed by atoms with van der Waals surface area (Å²) < 4.78 is 14.0. The molecule has 2 atom stereocenters. The third kappa shape index (κ3) is 2.95. The topological polar surface area (TPSA) is 78.9 Å². The van der Waals surface area contributed by atoms with Crippen LogP contribution in [0.1, 0.15) is 49.1 Å². The fraction of sp³-hybridized carbons (Fsp3) is 0.444. The highest BCUT2D eigenvalue weighted by molar-refractivity contribution is 5.57. The van der Waals surface area contributed by atoms with Gasteiger partial charge in [-0.3, -0.25) is 4.98 Å². The third-order valence-electron chi connectivity index (χ3n) is 4.71. The van der Waals surface area contributed by atoms with Crippen molar-refractivity contribution in [3.63, 3.8) is 0 Å². The molecule has 0 saturated carbocycles. The molecule has 0 unspecified atom stereocenters. The Morgan fingerprint density at radius 1 is 1.28 bits per heavy atom. The van der Waals surface area contributed by atoms with Crippen LogP contribution in [0.25, 0.3) is 11.5 Å². The number of hydrogen-bond donors (Lipinski definition) is 0. The first-order chi connectivity index (χ1) is 12.3. The van der Waals surface area contributed by atoms with E-state index in [9.17, 15) is 0 Å². The van der Waals surface area contributed by atoms with Crippen LogP contribution in [-0.2, 0) is 18.2 Å². The summed E-state index contributed by atoms with van der Waals surface area (Å²) in [7, 11) is 1.97. The van der Waals surface area contributed by atoms with Crippen molar-refractivity contribution in [2.75, 3.05) is 6.61 Å². The summed E-state index contributed by atoms with van der Waals surface area (Å²) in [6.45, 7) is 2.81. The molecule has 25 heavy (non-hydrogen) atoms. The molecule has 0 radical (unpaired) electrons. The van der Waals surface area contributed by atoms with Gasteiger partial charge in [-0.25, -0.2) is 4.98 Å². The zero-order valence-electron chi connectivity index (χ0n) is 14.4. The second-order valence-corrected chi connectivity index (χ2v) is 6.27. The van der Waals surface area contributed by atoms with E-state index in [1.807, 2.05) is 30.1 Å². The number of aryl methyl sites for hydroxylation is 2. The number of aromatic nitrogens is 5. The monoisotopic (exact) mass is 339 g/mol. The lowest BCUT2D eigenvalue weighted by Gasteiger charge is -2.28. The summed E-state index contributed by atoms with van der Waals surface area (Å²) >= 11 is 0. The van der Waals surface area contributed by atoms with Gasteiger partial charge in [-0.1, -0.05) is 6.92 Å². The number of ether oxygens (including phenoxy) is 1. The van der Waals surface area contributed by atoms with Crippen LogP contribution in [-0.4, -0.2) is 31.3 Å². The quantitative estimate of drug-likeness (QED) is 0.727. The van der Waals surface area contributed by atoms with Crippen LogP contribution < -0.4 is 0 Å². The summed E-state index contributed by atoms with van der Waals surface area (Å²) in [5, 5.41) is 8.61. The Labute approximate surface area is 146 Å². The molecule has 0 amide bonds. The van der Waals surface area contributed by atoms with E-state index in [1.54, 1.807) is 12.4 Å². The van der Waals surface area contributed by atoms with Gasteiger partial charge in [0.25, 0.3) is 0 Å². The molecule has 7 heteroatoms. The second-order valence-electron chi connectivity index (χ2n) is 6.27. The van der Waals surface area contributed by atoms with Crippen LogP contribution >= 0.6 is 0 Å². The van der Waals surface area contributed by atoms with Crippen molar-refractivity contribution in [1.82, 2.24) is 24.7 Å². The fourth-order valence-corrected chi connectivity index (χ4v) is 3.35. The van der Waals surface area contributed by atoms with Gasteiger partial charge in [0.15, 0.2) is 0 Å². The largest absolute Gasteiger partial charge is 0.420 e. The maximum Gasteiger partial charge on any atom is 0.248 e. The Hall–Kier alpha value is -2.54. The Kier molecular flexibility index (Phi) is 4.31. The lowest BCUT2D eigenvalue weighted by Crippen LogP contribution is -2.23. The van der Waals surface area contributed by atoms with Crippen molar-refractivity contribution in [3.05, 3.63) is 48.1 Å². The van der Waals surface area contributed by atoms with Gasteiger partial charge in [0.2, 0.25) is 11.8 Å². The molecule has 0 aromatic carbocycles. The average Bonchev–Trinajstić information content (AvgIpc) is 3.31. The average molecular weight is 339 g/mol. The van der Waals surface area contributed by atoms with Crippen LogP contribution in [0.15, 0.2) is 35.3 Å². The van der Waals surface area contributed by atoms with Crippen LogP contribution in [0.3, 0.4) is 0 Å². The molecule has 3 aromatic heterocycles. The molecule has 1 aliphatic rings. The van der Waals surface area contributed by atoms with E-state index in [0.29, 0.717) is 11.8 Å².